The van der Waals surface area contributed by atoms with E-state index in [0.29, 0.717) is 13.1 Å². The van der Waals surface area contributed by atoms with Crippen molar-refractivity contribution in [2.24, 2.45) is 11.3 Å². The van der Waals surface area contributed by atoms with Gasteiger partial charge in [0.25, 0.3) is 0 Å². The van der Waals surface area contributed by atoms with Crippen molar-refractivity contribution in [1.29, 1.82) is 0 Å². The van der Waals surface area contributed by atoms with Gasteiger partial charge in [-0.2, -0.15) is 0 Å². The van der Waals surface area contributed by atoms with Crippen molar-refractivity contribution in [3.05, 3.63) is 0 Å². The molecule has 18 heavy (non-hydrogen) atoms. The van der Waals surface area contributed by atoms with Crippen LogP contribution in [0.1, 0.15) is 33.6 Å². The Labute approximate surface area is 109 Å². The van der Waals surface area contributed by atoms with E-state index in [-0.39, 0.29) is 23.1 Å². The molecule has 1 aliphatic rings. The third-order valence-electron chi connectivity index (χ3n) is 3.64. The molecule has 5 nitrogen and oxygen atoms in total. The van der Waals surface area contributed by atoms with Crippen LogP contribution in [0.4, 0.5) is 0 Å². The van der Waals surface area contributed by atoms with Crippen LogP contribution in [0.3, 0.4) is 0 Å². The van der Waals surface area contributed by atoms with Gasteiger partial charge in [0.1, 0.15) is 0 Å². The largest absolute Gasteiger partial charge is 0.354 e. The van der Waals surface area contributed by atoms with Gasteiger partial charge in [-0.25, -0.2) is 0 Å². The van der Waals surface area contributed by atoms with Crippen molar-refractivity contribution in [2.45, 2.75) is 33.6 Å². The molecule has 0 aromatic rings. The maximum absolute atomic E-state index is 12.1. The molecule has 1 heterocycles. The molecule has 1 unspecified atom stereocenters. The summed E-state index contributed by atoms with van der Waals surface area (Å²) >= 11 is 0. The molecule has 0 saturated carbocycles. The molecule has 1 aliphatic heterocycles. The smallest absolute Gasteiger partial charge is 0.227 e. The van der Waals surface area contributed by atoms with Crippen LogP contribution >= 0.6 is 0 Å². The van der Waals surface area contributed by atoms with Gasteiger partial charge in [-0.1, -0.05) is 20.8 Å². The van der Waals surface area contributed by atoms with Crippen molar-refractivity contribution >= 4 is 11.8 Å². The van der Waals surface area contributed by atoms with Crippen LogP contribution in [0.2, 0.25) is 0 Å². The van der Waals surface area contributed by atoms with Gasteiger partial charge in [0.15, 0.2) is 0 Å². The molecular formula is C13H25N3O2. The Hall–Kier alpha value is -1.10. The van der Waals surface area contributed by atoms with Crippen LogP contribution in [-0.4, -0.2) is 38.0 Å². The van der Waals surface area contributed by atoms with Gasteiger partial charge < -0.3 is 16.0 Å². The molecule has 0 aromatic heterocycles. The Kier molecular flexibility index (Phi) is 5.59. The number of nitrogens with one attached hydrogen (secondary N) is 3. The molecule has 1 saturated heterocycles. The first kappa shape index (κ1) is 15.0. The zero-order valence-electron chi connectivity index (χ0n) is 11.6. The summed E-state index contributed by atoms with van der Waals surface area (Å²) in [5.74, 6) is 0.118. The first-order valence-corrected chi connectivity index (χ1v) is 6.78. The summed E-state index contributed by atoms with van der Waals surface area (Å²) in [5.41, 5.74) is -0.248. The van der Waals surface area contributed by atoms with Gasteiger partial charge in [0.05, 0.1) is 5.41 Å². The van der Waals surface area contributed by atoms with Crippen LogP contribution in [0.5, 0.6) is 0 Å². The Balaban J connectivity index is 2.27. The highest BCUT2D eigenvalue weighted by molar-refractivity contribution is 5.83. The Morgan fingerprint density at radius 1 is 1.28 bits per heavy atom. The fourth-order valence-electron chi connectivity index (χ4n) is 2.15. The van der Waals surface area contributed by atoms with Crippen LogP contribution in [-0.2, 0) is 9.59 Å². The van der Waals surface area contributed by atoms with E-state index >= 15 is 0 Å². The van der Waals surface area contributed by atoms with E-state index in [1.54, 1.807) is 0 Å². The summed E-state index contributed by atoms with van der Waals surface area (Å²) < 4.78 is 0. The van der Waals surface area contributed by atoms with Crippen molar-refractivity contribution in [3.8, 4) is 0 Å². The van der Waals surface area contributed by atoms with Gasteiger partial charge in [0, 0.05) is 25.6 Å². The summed E-state index contributed by atoms with van der Waals surface area (Å²) in [6, 6.07) is 0. The summed E-state index contributed by atoms with van der Waals surface area (Å²) in [7, 11) is 0. The molecule has 104 valence electrons. The molecule has 0 radical (unpaired) electrons. The van der Waals surface area contributed by atoms with E-state index < -0.39 is 0 Å². The lowest BCUT2D eigenvalue weighted by molar-refractivity contribution is -0.130. The molecule has 0 aromatic carbocycles. The number of carbonyl (C=O) groups is 2. The molecule has 0 bridgehead atoms. The van der Waals surface area contributed by atoms with Crippen LogP contribution in [0, 0.1) is 11.3 Å². The van der Waals surface area contributed by atoms with E-state index in [0.717, 1.165) is 25.9 Å². The molecule has 3 N–H and O–H groups in total. The molecule has 5 heteroatoms. The molecule has 1 rings (SSSR count). The number of carbonyl (C=O) groups excluding carboxylic acids is 2. The lowest BCUT2D eigenvalue weighted by atomic mass is 9.83. The fourth-order valence-corrected chi connectivity index (χ4v) is 2.15. The maximum atomic E-state index is 12.1. The zero-order valence-corrected chi connectivity index (χ0v) is 11.6. The van der Waals surface area contributed by atoms with Gasteiger partial charge in [0.2, 0.25) is 11.8 Å². The highest BCUT2D eigenvalue weighted by Crippen LogP contribution is 2.29. The van der Waals surface area contributed by atoms with E-state index in [1.807, 2.05) is 20.8 Å². The number of rotatable bonds is 6. The number of hydrogen-bond donors (Lipinski definition) is 3. The topological polar surface area (TPSA) is 70.2 Å². The molecule has 2 amide bonds. The van der Waals surface area contributed by atoms with Gasteiger partial charge in [-0.05, 0) is 19.4 Å². The summed E-state index contributed by atoms with van der Waals surface area (Å²) in [4.78, 5) is 23.4. The molecule has 1 atom stereocenters. The lowest BCUT2D eigenvalue weighted by Gasteiger charge is -2.25. The third-order valence-corrected chi connectivity index (χ3v) is 3.64. The van der Waals surface area contributed by atoms with Crippen LogP contribution < -0.4 is 16.0 Å². The van der Waals surface area contributed by atoms with E-state index in [2.05, 4.69) is 16.0 Å². The second-order valence-electron chi connectivity index (χ2n) is 5.26. The highest BCUT2D eigenvalue weighted by atomic mass is 16.2. The number of amides is 2. The van der Waals surface area contributed by atoms with Gasteiger partial charge >= 0.3 is 0 Å². The second kappa shape index (κ2) is 6.73. The minimum Gasteiger partial charge on any atom is -0.354 e. The van der Waals surface area contributed by atoms with Crippen LogP contribution in [0.15, 0.2) is 0 Å². The van der Waals surface area contributed by atoms with Gasteiger partial charge in [-0.3, -0.25) is 9.59 Å². The standard InChI is InChI=1S/C13H25N3O2/c1-4-13(5-6-14-9-13)12(18)16-8-7-15-11(17)10(2)3/h10,14H,4-9H2,1-3H3,(H,15,17)(H,16,18). The Morgan fingerprint density at radius 2 is 1.94 bits per heavy atom. The molecule has 0 spiro atoms. The van der Waals surface area contributed by atoms with Crippen molar-refractivity contribution < 1.29 is 9.59 Å². The molecule has 0 aliphatic carbocycles. The average Bonchev–Trinajstić information content (AvgIpc) is 2.83. The second-order valence-corrected chi connectivity index (χ2v) is 5.26. The predicted molar refractivity (Wildman–Crippen MR) is 71.1 cm³/mol. The maximum Gasteiger partial charge on any atom is 0.227 e. The number of hydrogen-bond acceptors (Lipinski definition) is 3. The summed E-state index contributed by atoms with van der Waals surface area (Å²) in [5, 5.41) is 8.94. The summed E-state index contributed by atoms with van der Waals surface area (Å²) in [6.45, 7) is 8.41. The lowest BCUT2D eigenvalue weighted by Crippen LogP contribution is -2.45. The van der Waals surface area contributed by atoms with Crippen molar-refractivity contribution in [2.75, 3.05) is 26.2 Å². The van der Waals surface area contributed by atoms with Crippen molar-refractivity contribution in [3.63, 3.8) is 0 Å². The Morgan fingerprint density at radius 3 is 2.44 bits per heavy atom. The first-order chi connectivity index (χ1) is 8.52. The van der Waals surface area contributed by atoms with E-state index in [9.17, 15) is 9.59 Å². The van der Waals surface area contributed by atoms with Gasteiger partial charge in [-0.15, -0.1) is 0 Å². The first-order valence-electron chi connectivity index (χ1n) is 6.78. The fraction of sp³-hybridized carbons (Fsp3) is 0.846. The highest BCUT2D eigenvalue weighted by Gasteiger charge is 2.38. The SMILES string of the molecule is CCC1(C(=O)NCCNC(=O)C(C)C)CCNC1. The minimum absolute atomic E-state index is 0.0123. The quantitative estimate of drug-likeness (QED) is 0.596. The van der Waals surface area contributed by atoms with E-state index in [4.69, 9.17) is 0 Å². The molecule has 1 fully saturated rings. The normalized spacial score (nSPS) is 23.1. The van der Waals surface area contributed by atoms with E-state index in [1.165, 1.54) is 0 Å². The summed E-state index contributed by atoms with van der Waals surface area (Å²) in [6.07, 6.45) is 1.75. The third kappa shape index (κ3) is 3.70. The minimum atomic E-state index is -0.248. The molecular weight excluding hydrogens is 230 g/mol. The Bertz CT molecular complexity index is 297. The zero-order chi connectivity index (χ0) is 13.6. The predicted octanol–water partition coefficient (Wildman–Crippen LogP) is 0.265. The van der Waals surface area contributed by atoms with Crippen LogP contribution in [0.25, 0.3) is 0 Å². The average molecular weight is 255 g/mol. The van der Waals surface area contributed by atoms with Crippen molar-refractivity contribution in [1.82, 2.24) is 16.0 Å². The monoisotopic (exact) mass is 255 g/mol.